The van der Waals surface area contributed by atoms with Crippen LogP contribution in [0.25, 0.3) is 0 Å². The van der Waals surface area contributed by atoms with Gasteiger partial charge < -0.3 is 15.3 Å². The fraction of sp³-hybridized carbons (Fsp3) is 0.529. The van der Waals surface area contributed by atoms with E-state index in [0.29, 0.717) is 24.1 Å². The maximum atomic E-state index is 12.8. The van der Waals surface area contributed by atoms with Gasteiger partial charge in [0.25, 0.3) is 0 Å². The van der Waals surface area contributed by atoms with Crippen LogP contribution in [0, 0.1) is 6.92 Å². The van der Waals surface area contributed by atoms with Crippen molar-refractivity contribution in [2.24, 2.45) is 0 Å². The molecule has 1 aromatic rings. The molecule has 1 aliphatic carbocycles. The first kappa shape index (κ1) is 19.2. The number of aliphatic carboxylic acids is 1. The second kappa shape index (κ2) is 7.86. The summed E-state index contributed by atoms with van der Waals surface area (Å²) in [4.78, 5) is 24.2. The van der Waals surface area contributed by atoms with Crippen molar-refractivity contribution in [3.8, 4) is 0 Å². The molecular weight excluding hydrogens is 344 g/mol. The number of nitrogens with zero attached hydrogens (tertiary/aromatic N) is 1. The van der Waals surface area contributed by atoms with Gasteiger partial charge in [-0.05, 0) is 37.5 Å². The molecule has 1 aromatic carbocycles. The standard InChI is InChI=1S/C17H24N2O5S/c1-12-7-8-13(18-17(22)19(2)10-9-16(20)21)11-15(12)25(23,24)14-5-3-4-6-14/h7-8,11,14H,3-6,9-10H2,1-2H3,(H,18,22)(H,20,21). The Morgan fingerprint density at radius 3 is 2.52 bits per heavy atom. The highest BCUT2D eigenvalue weighted by molar-refractivity contribution is 7.92. The van der Waals surface area contributed by atoms with Gasteiger partial charge >= 0.3 is 12.0 Å². The van der Waals surface area contributed by atoms with Gasteiger partial charge in [-0.1, -0.05) is 18.9 Å². The molecule has 1 fully saturated rings. The molecule has 138 valence electrons. The normalized spacial score (nSPS) is 15.1. The number of carboxylic acid groups (broad SMARTS) is 1. The molecule has 1 saturated carbocycles. The average Bonchev–Trinajstić information content (AvgIpc) is 3.09. The van der Waals surface area contributed by atoms with Crippen molar-refractivity contribution in [2.45, 2.75) is 49.2 Å². The second-order valence-electron chi connectivity index (χ2n) is 6.43. The number of carbonyl (C=O) groups is 2. The van der Waals surface area contributed by atoms with E-state index in [1.807, 2.05) is 0 Å². The molecule has 0 radical (unpaired) electrons. The smallest absolute Gasteiger partial charge is 0.321 e. The number of rotatable bonds is 6. The third kappa shape index (κ3) is 4.72. The molecule has 0 bridgehead atoms. The maximum absolute atomic E-state index is 12.8. The second-order valence-corrected chi connectivity index (χ2v) is 8.62. The third-order valence-electron chi connectivity index (χ3n) is 4.49. The summed E-state index contributed by atoms with van der Waals surface area (Å²) in [6.07, 6.45) is 3.05. The highest BCUT2D eigenvalue weighted by Gasteiger charge is 2.31. The van der Waals surface area contributed by atoms with Crippen LogP contribution in [0.2, 0.25) is 0 Å². The molecule has 8 heteroatoms. The molecule has 2 amide bonds. The minimum Gasteiger partial charge on any atom is -0.481 e. The van der Waals surface area contributed by atoms with Crippen molar-refractivity contribution >= 4 is 27.5 Å². The first-order valence-corrected chi connectivity index (χ1v) is 9.85. The largest absolute Gasteiger partial charge is 0.481 e. The van der Waals surface area contributed by atoms with E-state index < -0.39 is 21.8 Å². The monoisotopic (exact) mass is 368 g/mol. The highest BCUT2D eigenvalue weighted by Crippen LogP contribution is 2.32. The van der Waals surface area contributed by atoms with E-state index in [0.717, 1.165) is 12.8 Å². The summed E-state index contributed by atoms with van der Waals surface area (Å²) in [7, 11) is -1.92. The van der Waals surface area contributed by atoms with Crippen LogP contribution in [0.4, 0.5) is 10.5 Å². The van der Waals surface area contributed by atoms with Gasteiger partial charge in [0.1, 0.15) is 0 Å². The highest BCUT2D eigenvalue weighted by atomic mass is 32.2. The summed E-state index contributed by atoms with van der Waals surface area (Å²) in [5.41, 5.74) is 1.04. The number of hydrogen-bond acceptors (Lipinski definition) is 4. The van der Waals surface area contributed by atoms with Gasteiger partial charge in [0, 0.05) is 19.3 Å². The molecule has 2 N–H and O–H groups in total. The van der Waals surface area contributed by atoms with Gasteiger partial charge in [-0.2, -0.15) is 0 Å². The molecular formula is C17H24N2O5S. The lowest BCUT2D eigenvalue weighted by Crippen LogP contribution is -2.33. The number of carbonyl (C=O) groups excluding carboxylic acids is 1. The number of aryl methyl sites for hydroxylation is 1. The molecule has 0 saturated heterocycles. The Balaban J connectivity index is 2.15. The van der Waals surface area contributed by atoms with Crippen molar-refractivity contribution in [3.63, 3.8) is 0 Å². The Morgan fingerprint density at radius 1 is 1.28 bits per heavy atom. The molecule has 0 aromatic heterocycles. The van der Waals surface area contributed by atoms with Crippen LogP contribution in [-0.4, -0.2) is 49.3 Å². The van der Waals surface area contributed by atoms with Crippen molar-refractivity contribution < 1.29 is 23.1 Å². The van der Waals surface area contributed by atoms with Gasteiger partial charge in [0.05, 0.1) is 16.6 Å². The van der Waals surface area contributed by atoms with E-state index in [1.165, 1.54) is 18.0 Å². The Morgan fingerprint density at radius 2 is 1.92 bits per heavy atom. The van der Waals surface area contributed by atoms with Gasteiger partial charge in [-0.25, -0.2) is 13.2 Å². The maximum Gasteiger partial charge on any atom is 0.321 e. The zero-order chi connectivity index (χ0) is 18.6. The van der Waals surface area contributed by atoms with Crippen molar-refractivity contribution in [2.75, 3.05) is 18.9 Å². The lowest BCUT2D eigenvalue weighted by molar-refractivity contribution is -0.137. The Hall–Kier alpha value is -2.09. The van der Waals surface area contributed by atoms with Crippen LogP contribution in [0.15, 0.2) is 23.1 Å². The summed E-state index contributed by atoms with van der Waals surface area (Å²) in [5, 5.41) is 10.9. The summed E-state index contributed by atoms with van der Waals surface area (Å²) in [5.74, 6) is -0.986. The minimum absolute atomic E-state index is 0.0697. The van der Waals surface area contributed by atoms with E-state index in [2.05, 4.69) is 5.32 Å². The first-order chi connectivity index (χ1) is 11.7. The summed E-state index contributed by atoms with van der Waals surface area (Å²) in [6, 6.07) is 4.33. The van der Waals surface area contributed by atoms with Gasteiger partial charge in [-0.3, -0.25) is 4.79 Å². The Kier molecular flexibility index (Phi) is 6.05. The lowest BCUT2D eigenvalue weighted by Gasteiger charge is -2.18. The van der Waals surface area contributed by atoms with Crippen LogP contribution < -0.4 is 5.32 Å². The summed E-state index contributed by atoms with van der Waals surface area (Å²) < 4.78 is 25.6. The summed E-state index contributed by atoms with van der Waals surface area (Å²) in [6.45, 7) is 1.81. The van der Waals surface area contributed by atoms with Gasteiger partial charge in [0.15, 0.2) is 9.84 Å². The zero-order valence-electron chi connectivity index (χ0n) is 14.5. The van der Waals surface area contributed by atoms with E-state index in [4.69, 9.17) is 5.11 Å². The fourth-order valence-electron chi connectivity index (χ4n) is 2.95. The molecule has 25 heavy (non-hydrogen) atoms. The number of amides is 2. The molecule has 2 rings (SSSR count). The Labute approximate surface area is 147 Å². The zero-order valence-corrected chi connectivity index (χ0v) is 15.3. The topological polar surface area (TPSA) is 104 Å². The molecule has 0 heterocycles. The SMILES string of the molecule is Cc1ccc(NC(=O)N(C)CCC(=O)O)cc1S(=O)(=O)C1CCCC1. The van der Waals surface area contributed by atoms with Crippen molar-refractivity contribution in [3.05, 3.63) is 23.8 Å². The Bertz CT molecular complexity index is 754. The minimum atomic E-state index is -3.41. The molecule has 0 unspecified atom stereocenters. The van der Waals surface area contributed by atoms with Crippen LogP contribution >= 0.6 is 0 Å². The predicted molar refractivity (Wildman–Crippen MR) is 94.5 cm³/mol. The van der Waals surface area contributed by atoms with Crippen molar-refractivity contribution in [1.82, 2.24) is 4.90 Å². The van der Waals surface area contributed by atoms with E-state index in [1.54, 1.807) is 19.1 Å². The van der Waals surface area contributed by atoms with Crippen LogP contribution in [0.1, 0.15) is 37.7 Å². The predicted octanol–water partition coefficient (Wildman–Crippen LogP) is 2.65. The van der Waals surface area contributed by atoms with Crippen LogP contribution in [0.3, 0.4) is 0 Å². The number of urea groups is 1. The molecule has 0 atom stereocenters. The molecule has 0 spiro atoms. The van der Waals surface area contributed by atoms with E-state index >= 15 is 0 Å². The summed E-state index contributed by atoms with van der Waals surface area (Å²) >= 11 is 0. The first-order valence-electron chi connectivity index (χ1n) is 8.30. The molecule has 1 aliphatic rings. The number of sulfone groups is 1. The number of hydrogen-bond donors (Lipinski definition) is 2. The number of carboxylic acids is 1. The molecule has 0 aliphatic heterocycles. The third-order valence-corrected chi connectivity index (χ3v) is 6.90. The number of nitrogens with one attached hydrogen (secondary N) is 1. The average molecular weight is 368 g/mol. The van der Waals surface area contributed by atoms with Gasteiger partial charge in [0.2, 0.25) is 0 Å². The van der Waals surface area contributed by atoms with Crippen LogP contribution in [0.5, 0.6) is 0 Å². The quantitative estimate of drug-likeness (QED) is 0.803. The fourth-order valence-corrected chi connectivity index (χ4v) is 5.07. The number of anilines is 1. The number of benzene rings is 1. The molecule has 7 nitrogen and oxygen atoms in total. The van der Waals surface area contributed by atoms with Gasteiger partial charge in [-0.15, -0.1) is 0 Å². The van der Waals surface area contributed by atoms with Crippen molar-refractivity contribution in [1.29, 1.82) is 0 Å². The lowest BCUT2D eigenvalue weighted by atomic mass is 10.2. The van der Waals surface area contributed by atoms with E-state index in [9.17, 15) is 18.0 Å². The van der Waals surface area contributed by atoms with E-state index in [-0.39, 0.29) is 23.1 Å². The van der Waals surface area contributed by atoms with Crippen LogP contribution in [-0.2, 0) is 14.6 Å².